The molecule has 1 aliphatic rings. The molecular formula is C14H24Cl2N4O5. The van der Waals surface area contributed by atoms with Crippen LogP contribution in [0.1, 0.15) is 26.5 Å². The molecule has 0 aromatic carbocycles. The second-order valence-electron chi connectivity index (χ2n) is 5.83. The van der Waals surface area contributed by atoms with Gasteiger partial charge in [-0.1, -0.05) is 13.8 Å². The molecule has 0 bridgehead atoms. The van der Waals surface area contributed by atoms with Crippen LogP contribution < -0.4 is 17.2 Å². The molecule has 0 aliphatic carbocycles. The number of carbonyl (C=O) groups is 1. The summed E-state index contributed by atoms with van der Waals surface area (Å²) in [7, 11) is 0. The minimum atomic E-state index is -0.755. The fourth-order valence-corrected chi connectivity index (χ4v) is 2.30. The molecule has 1 fully saturated rings. The third kappa shape index (κ3) is 5.55. The van der Waals surface area contributed by atoms with Crippen molar-refractivity contribution in [3.63, 3.8) is 0 Å². The number of aromatic nitrogens is 2. The monoisotopic (exact) mass is 398 g/mol. The Balaban J connectivity index is 0.00000288. The fraction of sp³-hybridized carbons (Fsp3) is 0.643. The molecule has 2 rings (SSSR count). The highest BCUT2D eigenvalue weighted by Gasteiger charge is 2.39. The van der Waals surface area contributed by atoms with Gasteiger partial charge in [0, 0.05) is 12.6 Å². The van der Waals surface area contributed by atoms with Crippen molar-refractivity contribution in [3.8, 4) is 0 Å². The quantitative estimate of drug-likeness (QED) is 0.580. The van der Waals surface area contributed by atoms with E-state index in [1.54, 1.807) is 0 Å². The SMILES string of the molecule is CC(C)[C@H](N)C(=O)O[C@H]1C[C@H](n2ccc(N)nc2=O)O[C@@H]1CO.Cl.Cl. The number of anilines is 1. The van der Waals surface area contributed by atoms with Crippen molar-refractivity contribution < 1.29 is 19.4 Å². The maximum Gasteiger partial charge on any atom is 0.351 e. The Morgan fingerprint density at radius 2 is 2.16 bits per heavy atom. The highest BCUT2D eigenvalue weighted by molar-refractivity contribution is 5.85. The maximum atomic E-state index is 12.0. The molecule has 0 amide bonds. The Morgan fingerprint density at radius 1 is 1.52 bits per heavy atom. The zero-order chi connectivity index (χ0) is 17.1. The van der Waals surface area contributed by atoms with Gasteiger partial charge in [-0.25, -0.2) is 4.79 Å². The number of nitrogens with zero attached hydrogens (tertiary/aromatic N) is 2. The molecule has 2 heterocycles. The molecule has 1 saturated heterocycles. The molecule has 9 nitrogen and oxygen atoms in total. The Kier molecular flexibility index (Phi) is 9.38. The lowest BCUT2D eigenvalue weighted by molar-refractivity contribution is -0.155. The van der Waals surface area contributed by atoms with Crippen molar-refractivity contribution in [1.29, 1.82) is 0 Å². The molecule has 1 aliphatic heterocycles. The molecule has 5 N–H and O–H groups in total. The van der Waals surface area contributed by atoms with Crippen molar-refractivity contribution in [2.45, 2.75) is 44.7 Å². The van der Waals surface area contributed by atoms with Gasteiger partial charge in [0.25, 0.3) is 0 Å². The molecule has 25 heavy (non-hydrogen) atoms. The first-order valence-corrected chi connectivity index (χ1v) is 7.40. The van der Waals surface area contributed by atoms with Crippen molar-refractivity contribution in [1.82, 2.24) is 9.55 Å². The van der Waals surface area contributed by atoms with Crippen LogP contribution in [-0.2, 0) is 14.3 Å². The van der Waals surface area contributed by atoms with E-state index in [2.05, 4.69) is 4.98 Å². The topological polar surface area (TPSA) is 143 Å². The molecule has 4 atom stereocenters. The molecule has 0 radical (unpaired) electrons. The van der Waals surface area contributed by atoms with E-state index in [0.717, 1.165) is 0 Å². The van der Waals surface area contributed by atoms with Crippen LogP contribution in [0.25, 0.3) is 0 Å². The van der Waals surface area contributed by atoms with E-state index in [-0.39, 0.29) is 49.6 Å². The number of hydrogen-bond donors (Lipinski definition) is 3. The third-order valence-electron chi connectivity index (χ3n) is 3.78. The van der Waals surface area contributed by atoms with Crippen LogP contribution >= 0.6 is 24.8 Å². The zero-order valence-electron chi connectivity index (χ0n) is 13.9. The summed E-state index contributed by atoms with van der Waals surface area (Å²) in [4.78, 5) is 27.4. The van der Waals surface area contributed by atoms with Crippen LogP contribution in [0.3, 0.4) is 0 Å². The van der Waals surface area contributed by atoms with E-state index in [1.807, 2.05) is 13.8 Å². The minimum absolute atomic E-state index is 0. The van der Waals surface area contributed by atoms with Gasteiger partial charge < -0.3 is 26.0 Å². The fourth-order valence-electron chi connectivity index (χ4n) is 2.30. The molecule has 1 aromatic heterocycles. The molecule has 0 unspecified atom stereocenters. The summed E-state index contributed by atoms with van der Waals surface area (Å²) in [5.41, 5.74) is 10.6. The van der Waals surface area contributed by atoms with Crippen molar-refractivity contribution in [3.05, 3.63) is 22.7 Å². The highest BCUT2D eigenvalue weighted by Crippen LogP contribution is 2.30. The first kappa shape index (κ1) is 23.6. The largest absolute Gasteiger partial charge is 0.458 e. The third-order valence-corrected chi connectivity index (χ3v) is 3.78. The predicted octanol–water partition coefficient (Wildman–Crippen LogP) is -0.156. The van der Waals surface area contributed by atoms with E-state index < -0.39 is 36.1 Å². The van der Waals surface area contributed by atoms with Gasteiger partial charge in [0.2, 0.25) is 0 Å². The van der Waals surface area contributed by atoms with Crippen LogP contribution in [0, 0.1) is 5.92 Å². The normalized spacial score (nSPS) is 23.5. The number of nitrogen functional groups attached to an aromatic ring is 1. The first-order valence-electron chi connectivity index (χ1n) is 7.40. The second kappa shape index (κ2) is 9.93. The lowest BCUT2D eigenvalue weighted by Crippen LogP contribution is -2.41. The number of aliphatic hydroxyl groups excluding tert-OH is 1. The van der Waals surface area contributed by atoms with Crippen LogP contribution in [0.15, 0.2) is 17.1 Å². The summed E-state index contributed by atoms with van der Waals surface area (Å²) >= 11 is 0. The summed E-state index contributed by atoms with van der Waals surface area (Å²) in [6.45, 7) is 3.27. The number of aliphatic hydroxyl groups is 1. The number of esters is 1. The number of rotatable bonds is 5. The van der Waals surface area contributed by atoms with Crippen molar-refractivity contribution >= 4 is 36.6 Å². The maximum absolute atomic E-state index is 12.0. The molecule has 0 saturated carbocycles. The van der Waals surface area contributed by atoms with Crippen molar-refractivity contribution in [2.24, 2.45) is 11.7 Å². The van der Waals surface area contributed by atoms with Gasteiger partial charge in [-0.05, 0) is 12.0 Å². The number of ether oxygens (including phenoxy) is 2. The number of carbonyl (C=O) groups excluding carboxylic acids is 1. The molecule has 0 spiro atoms. The van der Waals surface area contributed by atoms with Crippen LogP contribution in [0.4, 0.5) is 5.82 Å². The lowest BCUT2D eigenvalue weighted by Gasteiger charge is -2.20. The summed E-state index contributed by atoms with van der Waals surface area (Å²) in [5, 5.41) is 9.40. The Morgan fingerprint density at radius 3 is 2.68 bits per heavy atom. The van der Waals surface area contributed by atoms with Gasteiger partial charge in [-0.3, -0.25) is 9.36 Å². The van der Waals surface area contributed by atoms with Crippen LogP contribution in [0.5, 0.6) is 0 Å². The smallest absolute Gasteiger partial charge is 0.351 e. The van der Waals surface area contributed by atoms with Crippen LogP contribution in [-0.4, -0.2) is 45.5 Å². The average molecular weight is 399 g/mol. The standard InChI is InChI=1S/C14H22N4O5.2ClH/c1-7(2)12(16)13(20)23-8-5-11(22-9(8)6-19)18-4-3-10(15)17-14(18)21;;/h3-4,7-9,11-12,19H,5-6,16H2,1-2H3,(H2,15,17,21);2*1H/t8-,9+,11+,12-;;/m0../s1. The zero-order valence-corrected chi connectivity index (χ0v) is 15.5. The molecular weight excluding hydrogens is 375 g/mol. The van der Waals surface area contributed by atoms with E-state index in [9.17, 15) is 14.7 Å². The van der Waals surface area contributed by atoms with Gasteiger partial charge in [0.15, 0.2) is 0 Å². The number of halogens is 2. The summed E-state index contributed by atoms with van der Waals surface area (Å²) < 4.78 is 12.2. The van der Waals surface area contributed by atoms with Gasteiger partial charge in [-0.15, -0.1) is 24.8 Å². The Bertz CT molecular complexity index is 627. The average Bonchev–Trinajstić information content (AvgIpc) is 2.88. The summed E-state index contributed by atoms with van der Waals surface area (Å²) in [5.74, 6) is -0.526. The molecule has 1 aromatic rings. The van der Waals surface area contributed by atoms with E-state index in [0.29, 0.717) is 0 Å². The summed E-state index contributed by atoms with van der Waals surface area (Å²) in [6.07, 6.45) is -0.443. The van der Waals surface area contributed by atoms with Crippen molar-refractivity contribution in [2.75, 3.05) is 12.3 Å². The lowest BCUT2D eigenvalue weighted by atomic mass is 10.1. The second-order valence-corrected chi connectivity index (χ2v) is 5.83. The van der Waals surface area contributed by atoms with Crippen LogP contribution in [0.2, 0.25) is 0 Å². The van der Waals surface area contributed by atoms with Gasteiger partial charge in [0.05, 0.1) is 6.61 Å². The first-order chi connectivity index (χ1) is 10.8. The Hall–Kier alpha value is -1.39. The highest BCUT2D eigenvalue weighted by atomic mass is 35.5. The van der Waals surface area contributed by atoms with Gasteiger partial charge >= 0.3 is 11.7 Å². The summed E-state index contributed by atoms with van der Waals surface area (Å²) in [6, 6.07) is 0.710. The molecule has 11 heteroatoms. The predicted molar refractivity (Wildman–Crippen MR) is 95.7 cm³/mol. The minimum Gasteiger partial charge on any atom is -0.458 e. The Labute approximate surface area is 157 Å². The van der Waals surface area contributed by atoms with E-state index in [4.69, 9.17) is 20.9 Å². The molecule has 144 valence electrons. The number of nitrogens with two attached hydrogens (primary N) is 2. The van der Waals surface area contributed by atoms with Gasteiger partial charge in [-0.2, -0.15) is 4.98 Å². The van der Waals surface area contributed by atoms with Gasteiger partial charge in [0.1, 0.15) is 30.3 Å². The number of hydrogen-bond acceptors (Lipinski definition) is 8. The van der Waals surface area contributed by atoms with E-state index in [1.165, 1.54) is 16.8 Å². The van der Waals surface area contributed by atoms with E-state index >= 15 is 0 Å².